The molecule has 0 N–H and O–H groups in total. The maximum atomic E-state index is 12.1. The van der Waals surface area contributed by atoms with Crippen LogP contribution in [0, 0.1) is 12.8 Å². The summed E-state index contributed by atoms with van der Waals surface area (Å²) in [5.74, 6) is 1.47. The van der Waals surface area contributed by atoms with E-state index < -0.39 is 0 Å². The summed E-state index contributed by atoms with van der Waals surface area (Å²) in [6.45, 7) is 2.17. The summed E-state index contributed by atoms with van der Waals surface area (Å²) in [5.41, 5.74) is 1.85. The van der Waals surface area contributed by atoms with Crippen molar-refractivity contribution in [1.29, 1.82) is 0 Å². The smallest absolute Gasteiger partial charge is 0.310 e. The van der Waals surface area contributed by atoms with E-state index in [1.54, 1.807) is 6.26 Å². The number of aryl methyl sites for hydroxylation is 1. The second-order valence-electron chi connectivity index (χ2n) is 5.72. The Kier molecular flexibility index (Phi) is 3.03. The summed E-state index contributed by atoms with van der Waals surface area (Å²) in [5, 5.41) is 1.06. The highest BCUT2D eigenvalue weighted by Gasteiger charge is 2.47. The van der Waals surface area contributed by atoms with Gasteiger partial charge in [-0.05, 0) is 31.5 Å². The zero-order valence-corrected chi connectivity index (χ0v) is 12.2. The normalized spacial score (nSPS) is 20.2. The molecule has 4 nitrogen and oxygen atoms in total. The third-order valence-electron chi connectivity index (χ3n) is 4.29. The Hall–Kier alpha value is -2.49. The van der Waals surface area contributed by atoms with Crippen molar-refractivity contribution < 1.29 is 18.4 Å². The number of ether oxygens (including phenoxy) is 1. The zero-order valence-electron chi connectivity index (χ0n) is 12.2. The van der Waals surface area contributed by atoms with E-state index >= 15 is 0 Å². The number of esters is 1. The molecule has 0 radical (unpaired) electrons. The lowest BCUT2D eigenvalue weighted by molar-refractivity contribution is -0.147. The van der Waals surface area contributed by atoms with Crippen molar-refractivity contribution in [2.45, 2.75) is 25.9 Å². The molecule has 2 aromatic heterocycles. The Bertz CT molecular complexity index is 813. The first-order valence-electron chi connectivity index (χ1n) is 7.41. The van der Waals surface area contributed by atoms with Gasteiger partial charge in [0.1, 0.15) is 23.7 Å². The second-order valence-corrected chi connectivity index (χ2v) is 5.72. The molecule has 1 aliphatic carbocycles. The predicted molar refractivity (Wildman–Crippen MR) is 80.3 cm³/mol. The minimum atomic E-state index is -0.179. The van der Waals surface area contributed by atoms with E-state index in [2.05, 4.69) is 0 Å². The van der Waals surface area contributed by atoms with Gasteiger partial charge in [0.25, 0.3) is 0 Å². The Morgan fingerprint density at radius 2 is 2.14 bits per heavy atom. The molecule has 1 aromatic carbocycles. The quantitative estimate of drug-likeness (QED) is 0.678. The lowest BCUT2D eigenvalue weighted by Crippen LogP contribution is -2.07. The number of carbonyl (C=O) groups is 1. The third kappa shape index (κ3) is 2.21. The van der Waals surface area contributed by atoms with Crippen LogP contribution in [0.2, 0.25) is 0 Å². The largest absolute Gasteiger partial charge is 0.469 e. The fourth-order valence-corrected chi connectivity index (χ4v) is 2.88. The van der Waals surface area contributed by atoms with Gasteiger partial charge >= 0.3 is 5.97 Å². The maximum Gasteiger partial charge on any atom is 0.310 e. The van der Waals surface area contributed by atoms with Crippen LogP contribution in [0.15, 0.2) is 51.5 Å². The first-order chi connectivity index (χ1) is 10.7. The second kappa shape index (κ2) is 5.05. The molecule has 112 valence electrons. The first kappa shape index (κ1) is 13.2. The van der Waals surface area contributed by atoms with Gasteiger partial charge in [0, 0.05) is 16.9 Å². The summed E-state index contributed by atoms with van der Waals surface area (Å²) in [4.78, 5) is 12.1. The fourth-order valence-electron chi connectivity index (χ4n) is 2.88. The number of para-hydroxylation sites is 1. The van der Waals surface area contributed by atoms with Crippen LogP contribution in [-0.4, -0.2) is 5.97 Å². The van der Waals surface area contributed by atoms with Gasteiger partial charge in [-0.25, -0.2) is 0 Å². The number of hydrogen-bond donors (Lipinski definition) is 0. The van der Waals surface area contributed by atoms with Crippen LogP contribution in [0.4, 0.5) is 0 Å². The van der Waals surface area contributed by atoms with Crippen LogP contribution in [0.1, 0.15) is 29.4 Å². The average Bonchev–Trinajstić information content (AvgIpc) is 3.02. The van der Waals surface area contributed by atoms with Crippen molar-refractivity contribution in [3.05, 3.63) is 59.7 Å². The number of carbonyl (C=O) groups excluding carboxylic acids is 1. The first-order valence-corrected chi connectivity index (χ1v) is 7.41. The van der Waals surface area contributed by atoms with Gasteiger partial charge < -0.3 is 13.6 Å². The molecule has 4 heteroatoms. The van der Waals surface area contributed by atoms with Crippen LogP contribution >= 0.6 is 0 Å². The molecule has 4 rings (SSSR count). The van der Waals surface area contributed by atoms with Crippen molar-refractivity contribution in [3.8, 4) is 0 Å². The predicted octanol–water partition coefficient (Wildman–Crippen LogP) is 4.18. The number of rotatable bonds is 4. The summed E-state index contributed by atoms with van der Waals surface area (Å²) < 4.78 is 16.5. The third-order valence-corrected chi connectivity index (χ3v) is 4.29. The van der Waals surface area contributed by atoms with E-state index in [1.807, 2.05) is 43.3 Å². The summed E-state index contributed by atoms with van der Waals surface area (Å²) in [6, 6.07) is 11.6. The van der Waals surface area contributed by atoms with Crippen LogP contribution in [0.5, 0.6) is 0 Å². The Labute approximate surface area is 127 Å². The molecule has 1 fully saturated rings. The van der Waals surface area contributed by atoms with Crippen molar-refractivity contribution in [2.24, 2.45) is 5.92 Å². The van der Waals surface area contributed by atoms with Crippen LogP contribution < -0.4 is 0 Å². The van der Waals surface area contributed by atoms with Crippen molar-refractivity contribution >= 4 is 16.9 Å². The van der Waals surface area contributed by atoms with Gasteiger partial charge in [-0.3, -0.25) is 4.79 Å². The molecule has 0 amide bonds. The number of fused-ring (bicyclic) bond motifs is 1. The van der Waals surface area contributed by atoms with Crippen LogP contribution in [-0.2, 0) is 16.1 Å². The summed E-state index contributed by atoms with van der Waals surface area (Å²) in [6.07, 6.45) is 2.43. The SMILES string of the molecule is Cc1c(COC(=O)C2CC2c2ccco2)oc2ccccc12. The molecule has 2 heterocycles. The summed E-state index contributed by atoms with van der Waals surface area (Å²) >= 11 is 0. The van der Waals surface area contributed by atoms with Gasteiger partial charge in [0.05, 0.1) is 12.2 Å². The molecule has 2 atom stereocenters. The van der Waals surface area contributed by atoms with Crippen molar-refractivity contribution in [1.82, 2.24) is 0 Å². The minimum absolute atomic E-state index is 0.0872. The maximum absolute atomic E-state index is 12.1. The van der Waals surface area contributed by atoms with Crippen molar-refractivity contribution in [3.63, 3.8) is 0 Å². The molecule has 0 spiro atoms. The Balaban J connectivity index is 1.42. The topological polar surface area (TPSA) is 52.6 Å². The highest BCUT2D eigenvalue weighted by Crippen LogP contribution is 2.48. The van der Waals surface area contributed by atoms with Crippen LogP contribution in [0.25, 0.3) is 11.0 Å². The number of hydrogen-bond acceptors (Lipinski definition) is 4. The molecule has 22 heavy (non-hydrogen) atoms. The van der Waals surface area contributed by atoms with E-state index in [0.29, 0.717) is 5.76 Å². The average molecular weight is 296 g/mol. The molecular formula is C18H16O4. The molecule has 1 saturated carbocycles. The number of furan rings is 2. The Morgan fingerprint density at radius 3 is 2.91 bits per heavy atom. The van der Waals surface area contributed by atoms with Crippen LogP contribution in [0.3, 0.4) is 0 Å². The number of benzene rings is 1. The lowest BCUT2D eigenvalue weighted by Gasteiger charge is -2.02. The van der Waals surface area contributed by atoms with E-state index in [4.69, 9.17) is 13.6 Å². The van der Waals surface area contributed by atoms with Gasteiger partial charge in [-0.2, -0.15) is 0 Å². The molecule has 3 aromatic rings. The van der Waals surface area contributed by atoms with E-state index in [-0.39, 0.29) is 24.4 Å². The van der Waals surface area contributed by atoms with Gasteiger partial charge in [-0.1, -0.05) is 18.2 Å². The molecule has 1 aliphatic rings. The van der Waals surface area contributed by atoms with E-state index in [0.717, 1.165) is 28.7 Å². The van der Waals surface area contributed by atoms with E-state index in [1.165, 1.54) is 0 Å². The van der Waals surface area contributed by atoms with Gasteiger partial charge in [0.15, 0.2) is 0 Å². The minimum Gasteiger partial charge on any atom is -0.469 e. The van der Waals surface area contributed by atoms with Gasteiger partial charge in [0.2, 0.25) is 0 Å². The monoisotopic (exact) mass is 296 g/mol. The molecule has 0 aliphatic heterocycles. The standard InChI is InChI=1S/C18H16O4/c1-11-12-5-2-3-6-16(12)22-17(11)10-21-18(19)14-9-13(14)15-7-4-8-20-15/h2-8,13-14H,9-10H2,1H3. The molecule has 0 bridgehead atoms. The summed E-state index contributed by atoms with van der Waals surface area (Å²) in [7, 11) is 0. The van der Waals surface area contributed by atoms with E-state index in [9.17, 15) is 4.79 Å². The fraction of sp³-hybridized carbons (Fsp3) is 0.278. The van der Waals surface area contributed by atoms with Gasteiger partial charge in [-0.15, -0.1) is 0 Å². The molecule has 0 saturated heterocycles. The Morgan fingerprint density at radius 1 is 1.27 bits per heavy atom. The zero-order chi connectivity index (χ0) is 15.1. The molecule has 2 unspecified atom stereocenters. The lowest BCUT2D eigenvalue weighted by atomic mass is 10.1. The highest BCUT2D eigenvalue weighted by atomic mass is 16.5. The highest BCUT2D eigenvalue weighted by molar-refractivity contribution is 5.82. The van der Waals surface area contributed by atoms with Crippen molar-refractivity contribution in [2.75, 3.05) is 0 Å². The molecular weight excluding hydrogens is 280 g/mol.